The van der Waals surface area contributed by atoms with E-state index in [1.165, 1.54) is 12.1 Å². The van der Waals surface area contributed by atoms with Crippen LogP contribution in [-0.4, -0.2) is 23.9 Å². The average molecular weight is 275 g/mol. The Kier molecular flexibility index (Phi) is 6.88. The quantitative estimate of drug-likeness (QED) is 0.917. The topological polar surface area (TPSA) is 46.3 Å². The maximum atomic E-state index is 12.8. The van der Waals surface area contributed by atoms with Gasteiger partial charge in [0.2, 0.25) is 5.91 Å². The lowest BCUT2D eigenvalue weighted by atomic mass is 10.1. The van der Waals surface area contributed by atoms with Gasteiger partial charge in [-0.15, -0.1) is 12.4 Å². The van der Waals surface area contributed by atoms with Crippen LogP contribution in [0.3, 0.4) is 0 Å². The molecule has 1 rings (SSSR count). The van der Waals surface area contributed by atoms with Crippen molar-refractivity contribution < 1.29 is 9.18 Å². The highest BCUT2D eigenvalue weighted by atomic mass is 35.5. The van der Waals surface area contributed by atoms with Gasteiger partial charge in [-0.3, -0.25) is 4.79 Å². The first kappa shape index (κ1) is 16.9. The first-order valence-corrected chi connectivity index (χ1v) is 5.75. The molecule has 2 atom stereocenters. The van der Waals surface area contributed by atoms with E-state index in [1.807, 2.05) is 13.8 Å². The fraction of sp³-hybridized carbons (Fsp3) is 0.462. The predicted molar refractivity (Wildman–Crippen MR) is 73.1 cm³/mol. The minimum Gasteiger partial charge on any atom is -0.338 e. The molecule has 1 aromatic carbocycles. The van der Waals surface area contributed by atoms with Crippen molar-refractivity contribution in [3.8, 4) is 0 Å². The number of benzene rings is 1. The first-order chi connectivity index (χ1) is 7.97. The smallest absolute Gasteiger partial charge is 0.239 e. The molecule has 18 heavy (non-hydrogen) atoms. The summed E-state index contributed by atoms with van der Waals surface area (Å²) in [6.45, 7) is 3.77. The Morgan fingerprint density at radius 3 is 2.33 bits per heavy atom. The Bertz CT molecular complexity index is 383. The summed E-state index contributed by atoms with van der Waals surface area (Å²) in [6, 6.07) is 5.57. The minimum absolute atomic E-state index is 0. The van der Waals surface area contributed by atoms with Crippen molar-refractivity contribution in [2.24, 2.45) is 5.73 Å². The number of carbonyl (C=O) groups is 1. The van der Waals surface area contributed by atoms with Gasteiger partial charge in [0.15, 0.2) is 0 Å². The fourth-order valence-corrected chi connectivity index (χ4v) is 1.59. The maximum absolute atomic E-state index is 12.8. The van der Waals surface area contributed by atoms with E-state index in [1.54, 1.807) is 24.1 Å². The number of carbonyl (C=O) groups excluding carboxylic acids is 1. The fourth-order valence-electron chi connectivity index (χ4n) is 1.59. The van der Waals surface area contributed by atoms with Gasteiger partial charge in [0.05, 0.1) is 12.1 Å². The van der Waals surface area contributed by atoms with Crippen molar-refractivity contribution in [1.29, 1.82) is 0 Å². The average Bonchev–Trinajstić information content (AvgIpc) is 2.36. The number of likely N-dealkylation sites (N-methyl/N-ethyl adjacent to an activating group) is 1. The highest BCUT2D eigenvalue weighted by Crippen LogP contribution is 2.19. The van der Waals surface area contributed by atoms with Crippen LogP contribution in [-0.2, 0) is 4.79 Å². The first-order valence-electron chi connectivity index (χ1n) is 5.75. The van der Waals surface area contributed by atoms with Crippen LogP contribution < -0.4 is 5.73 Å². The molecule has 0 fully saturated rings. The van der Waals surface area contributed by atoms with E-state index in [4.69, 9.17) is 5.73 Å². The molecular weight excluding hydrogens is 255 g/mol. The van der Waals surface area contributed by atoms with Crippen molar-refractivity contribution in [2.75, 3.05) is 7.05 Å². The number of nitrogens with two attached hydrogens (primary N) is 1. The van der Waals surface area contributed by atoms with Gasteiger partial charge in [0.25, 0.3) is 0 Å². The number of rotatable bonds is 4. The zero-order valence-electron chi connectivity index (χ0n) is 10.9. The van der Waals surface area contributed by atoms with Crippen molar-refractivity contribution in [2.45, 2.75) is 32.4 Å². The molecule has 0 aliphatic carbocycles. The highest BCUT2D eigenvalue weighted by molar-refractivity contribution is 5.85. The Hall–Kier alpha value is -1.13. The van der Waals surface area contributed by atoms with Crippen LogP contribution in [0.4, 0.5) is 4.39 Å². The summed E-state index contributed by atoms with van der Waals surface area (Å²) in [4.78, 5) is 13.5. The number of halogens is 2. The lowest BCUT2D eigenvalue weighted by Gasteiger charge is -2.27. The lowest BCUT2D eigenvalue weighted by molar-refractivity contribution is -0.133. The largest absolute Gasteiger partial charge is 0.338 e. The molecule has 102 valence electrons. The molecule has 0 aliphatic heterocycles. The third-order valence-corrected chi connectivity index (χ3v) is 3.04. The van der Waals surface area contributed by atoms with Gasteiger partial charge in [-0.05, 0) is 31.0 Å². The monoisotopic (exact) mass is 274 g/mol. The van der Waals surface area contributed by atoms with Crippen LogP contribution in [0.1, 0.15) is 31.9 Å². The maximum Gasteiger partial charge on any atom is 0.239 e. The Balaban J connectivity index is 0.00000289. The minimum atomic E-state index is -0.470. The molecule has 5 heteroatoms. The van der Waals surface area contributed by atoms with Crippen molar-refractivity contribution in [3.05, 3.63) is 35.6 Å². The van der Waals surface area contributed by atoms with Crippen molar-refractivity contribution >= 4 is 18.3 Å². The number of hydrogen-bond donors (Lipinski definition) is 1. The molecule has 0 bridgehead atoms. The van der Waals surface area contributed by atoms with Crippen LogP contribution in [0.25, 0.3) is 0 Å². The second kappa shape index (κ2) is 7.34. The third-order valence-electron chi connectivity index (χ3n) is 3.04. The summed E-state index contributed by atoms with van der Waals surface area (Å²) in [5.74, 6) is -0.371. The molecule has 2 N–H and O–H groups in total. The molecule has 1 amide bonds. The molecule has 0 aromatic heterocycles. The summed E-state index contributed by atoms with van der Waals surface area (Å²) in [5, 5.41) is 0. The number of hydrogen-bond acceptors (Lipinski definition) is 2. The zero-order chi connectivity index (χ0) is 13.0. The van der Waals surface area contributed by atoms with Gasteiger partial charge in [-0.1, -0.05) is 19.1 Å². The van der Waals surface area contributed by atoms with Gasteiger partial charge in [0, 0.05) is 7.05 Å². The van der Waals surface area contributed by atoms with E-state index in [0.29, 0.717) is 6.42 Å². The van der Waals surface area contributed by atoms with Crippen molar-refractivity contribution in [1.82, 2.24) is 4.90 Å². The van der Waals surface area contributed by atoms with Gasteiger partial charge >= 0.3 is 0 Å². The predicted octanol–water partition coefficient (Wildman–Crippen LogP) is 2.50. The standard InChI is InChI=1S/C13H19FN2O.ClH/c1-4-12(15)13(17)16(3)9(2)10-5-7-11(14)8-6-10;/h5-9,12H,4,15H2,1-3H3;1H/t9?,12-;/m0./s1. The van der Waals surface area contributed by atoms with Gasteiger partial charge in [-0.25, -0.2) is 4.39 Å². The molecule has 0 aliphatic rings. The van der Waals surface area contributed by atoms with Crippen molar-refractivity contribution in [3.63, 3.8) is 0 Å². The third kappa shape index (κ3) is 3.96. The van der Waals surface area contributed by atoms with E-state index in [2.05, 4.69) is 0 Å². The molecule has 0 saturated carbocycles. The summed E-state index contributed by atoms with van der Waals surface area (Å²) < 4.78 is 12.8. The SMILES string of the molecule is CC[C@H](N)C(=O)N(C)C(C)c1ccc(F)cc1.Cl. The van der Waals surface area contributed by atoms with E-state index in [9.17, 15) is 9.18 Å². The number of nitrogens with zero attached hydrogens (tertiary/aromatic N) is 1. The van der Waals surface area contributed by atoms with Crippen LogP contribution >= 0.6 is 12.4 Å². The van der Waals surface area contributed by atoms with Gasteiger partial charge in [-0.2, -0.15) is 0 Å². The molecule has 1 unspecified atom stereocenters. The molecule has 0 spiro atoms. The molecule has 3 nitrogen and oxygen atoms in total. The zero-order valence-corrected chi connectivity index (χ0v) is 11.7. The number of amides is 1. The van der Waals surface area contributed by atoms with Crippen LogP contribution in [0, 0.1) is 5.82 Å². The van der Waals surface area contributed by atoms with Gasteiger partial charge < -0.3 is 10.6 Å². The second-order valence-corrected chi connectivity index (χ2v) is 4.19. The van der Waals surface area contributed by atoms with E-state index in [-0.39, 0.29) is 30.2 Å². The summed E-state index contributed by atoms with van der Waals surface area (Å²) in [5.41, 5.74) is 6.60. The van der Waals surface area contributed by atoms with Gasteiger partial charge in [0.1, 0.15) is 5.82 Å². The lowest BCUT2D eigenvalue weighted by Crippen LogP contribution is -2.42. The van der Waals surface area contributed by atoms with Crippen LogP contribution in [0.2, 0.25) is 0 Å². The Morgan fingerprint density at radius 1 is 1.39 bits per heavy atom. The van der Waals surface area contributed by atoms with E-state index < -0.39 is 6.04 Å². The van der Waals surface area contributed by atoms with E-state index in [0.717, 1.165) is 5.56 Å². The normalized spacial score (nSPS) is 13.4. The second-order valence-electron chi connectivity index (χ2n) is 4.19. The summed E-state index contributed by atoms with van der Waals surface area (Å²) in [6.07, 6.45) is 0.610. The molecule has 1 aromatic rings. The Labute approximate surface area is 114 Å². The molecular formula is C13H20ClFN2O. The van der Waals surface area contributed by atoms with Crippen LogP contribution in [0.15, 0.2) is 24.3 Å². The molecule has 0 radical (unpaired) electrons. The summed E-state index contributed by atoms with van der Waals surface area (Å²) >= 11 is 0. The molecule has 0 heterocycles. The summed E-state index contributed by atoms with van der Waals surface area (Å²) in [7, 11) is 1.71. The van der Waals surface area contributed by atoms with E-state index >= 15 is 0 Å². The Morgan fingerprint density at radius 2 is 1.89 bits per heavy atom. The van der Waals surface area contributed by atoms with Crippen LogP contribution in [0.5, 0.6) is 0 Å². The molecule has 0 saturated heterocycles. The highest BCUT2D eigenvalue weighted by Gasteiger charge is 2.21.